The second-order valence-corrected chi connectivity index (χ2v) is 3.79. The minimum atomic E-state index is 0.317. The SMILES string of the molecule is CCOc1nc(NC)nc(NCc2ccccc2)n1. The van der Waals surface area contributed by atoms with Gasteiger partial charge in [-0.3, -0.25) is 0 Å². The second kappa shape index (κ2) is 6.53. The van der Waals surface area contributed by atoms with Gasteiger partial charge in [-0.2, -0.15) is 15.0 Å². The van der Waals surface area contributed by atoms with E-state index in [2.05, 4.69) is 25.6 Å². The van der Waals surface area contributed by atoms with Gasteiger partial charge in [0, 0.05) is 13.6 Å². The number of aromatic nitrogens is 3. The summed E-state index contributed by atoms with van der Waals surface area (Å²) in [6.45, 7) is 3.06. The zero-order valence-electron chi connectivity index (χ0n) is 11.1. The van der Waals surface area contributed by atoms with Gasteiger partial charge in [-0.15, -0.1) is 0 Å². The molecule has 0 unspecified atom stereocenters. The van der Waals surface area contributed by atoms with E-state index in [1.807, 2.05) is 37.3 Å². The van der Waals surface area contributed by atoms with E-state index in [0.717, 1.165) is 5.56 Å². The molecular formula is C13H17N5O. The quantitative estimate of drug-likeness (QED) is 0.826. The molecule has 0 saturated carbocycles. The van der Waals surface area contributed by atoms with Crippen LogP contribution in [-0.2, 0) is 6.54 Å². The minimum Gasteiger partial charge on any atom is -0.464 e. The summed E-state index contributed by atoms with van der Waals surface area (Å²) in [4.78, 5) is 12.5. The average Bonchev–Trinajstić information content (AvgIpc) is 2.46. The van der Waals surface area contributed by atoms with Crippen molar-refractivity contribution in [3.8, 4) is 6.01 Å². The molecule has 100 valence electrons. The molecular weight excluding hydrogens is 242 g/mol. The molecule has 0 aliphatic heterocycles. The van der Waals surface area contributed by atoms with Gasteiger partial charge < -0.3 is 15.4 Å². The summed E-state index contributed by atoms with van der Waals surface area (Å²) in [6.07, 6.45) is 0. The molecule has 0 amide bonds. The van der Waals surface area contributed by atoms with Gasteiger partial charge in [0.2, 0.25) is 11.9 Å². The first-order valence-corrected chi connectivity index (χ1v) is 6.16. The van der Waals surface area contributed by atoms with Crippen LogP contribution in [0.25, 0.3) is 0 Å². The number of nitrogens with one attached hydrogen (secondary N) is 2. The monoisotopic (exact) mass is 259 g/mol. The molecule has 0 saturated heterocycles. The number of nitrogens with zero attached hydrogens (tertiary/aromatic N) is 3. The molecule has 19 heavy (non-hydrogen) atoms. The van der Waals surface area contributed by atoms with Crippen molar-refractivity contribution in [3.05, 3.63) is 35.9 Å². The molecule has 2 N–H and O–H groups in total. The van der Waals surface area contributed by atoms with Gasteiger partial charge in [0.15, 0.2) is 0 Å². The first-order valence-electron chi connectivity index (χ1n) is 6.16. The number of ether oxygens (including phenoxy) is 1. The van der Waals surface area contributed by atoms with Crippen LogP contribution in [0.15, 0.2) is 30.3 Å². The fourth-order valence-corrected chi connectivity index (χ4v) is 1.52. The van der Waals surface area contributed by atoms with Gasteiger partial charge in [0.25, 0.3) is 0 Å². The lowest BCUT2D eigenvalue weighted by Gasteiger charge is -2.08. The van der Waals surface area contributed by atoms with Crippen LogP contribution < -0.4 is 15.4 Å². The summed E-state index contributed by atoms with van der Waals surface area (Å²) in [5.74, 6) is 0.973. The zero-order chi connectivity index (χ0) is 13.5. The molecule has 0 aliphatic carbocycles. The zero-order valence-corrected chi connectivity index (χ0v) is 11.1. The summed E-state index contributed by atoms with van der Waals surface area (Å²) in [7, 11) is 1.76. The van der Waals surface area contributed by atoms with Gasteiger partial charge in [0.1, 0.15) is 0 Å². The Kier molecular flexibility index (Phi) is 4.49. The number of rotatable bonds is 6. The number of anilines is 2. The topological polar surface area (TPSA) is 72.0 Å². The molecule has 1 aromatic heterocycles. The van der Waals surface area contributed by atoms with Crippen LogP contribution in [0.1, 0.15) is 12.5 Å². The Morgan fingerprint density at radius 2 is 1.79 bits per heavy atom. The molecule has 1 aromatic carbocycles. The summed E-state index contributed by atoms with van der Waals surface area (Å²) in [5.41, 5.74) is 1.16. The van der Waals surface area contributed by atoms with Crippen molar-refractivity contribution in [2.45, 2.75) is 13.5 Å². The fourth-order valence-electron chi connectivity index (χ4n) is 1.52. The Labute approximate surface area is 112 Å². The highest BCUT2D eigenvalue weighted by atomic mass is 16.5. The van der Waals surface area contributed by atoms with Gasteiger partial charge in [-0.1, -0.05) is 30.3 Å². The molecule has 2 rings (SSSR count). The molecule has 2 aromatic rings. The normalized spacial score (nSPS) is 10.0. The van der Waals surface area contributed by atoms with Gasteiger partial charge >= 0.3 is 6.01 Å². The van der Waals surface area contributed by atoms with E-state index in [1.165, 1.54) is 0 Å². The lowest BCUT2D eigenvalue weighted by atomic mass is 10.2. The maximum absolute atomic E-state index is 5.30. The Bertz CT molecular complexity index is 518. The standard InChI is InChI=1S/C13H17N5O/c1-3-19-13-17-11(14-2)16-12(18-13)15-9-10-7-5-4-6-8-10/h4-8H,3,9H2,1-2H3,(H2,14,15,16,17,18). The highest BCUT2D eigenvalue weighted by Gasteiger charge is 2.05. The summed E-state index contributed by atoms with van der Waals surface area (Å²) < 4.78 is 5.30. The molecule has 0 bridgehead atoms. The third-order valence-electron chi connectivity index (χ3n) is 2.41. The van der Waals surface area contributed by atoms with Crippen LogP contribution in [-0.4, -0.2) is 28.6 Å². The second-order valence-electron chi connectivity index (χ2n) is 3.79. The summed E-state index contributed by atoms with van der Waals surface area (Å²) in [5, 5.41) is 6.03. The van der Waals surface area contributed by atoms with Crippen molar-refractivity contribution >= 4 is 11.9 Å². The van der Waals surface area contributed by atoms with E-state index in [0.29, 0.717) is 31.1 Å². The van der Waals surface area contributed by atoms with E-state index in [1.54, 1.807) is 7.05 Å². The van der Waals surface area contributed by atoms with Gasteiger partial charge in [0.05, 0.1) is 6.61 Å². The predicted molar refractivity (Wildman–Crippen MR) is 74.3 cm³/mol. The van der Waals surface area contributed by atoms with E-state index in [-0.39, 0.29) is 0 Å². The first kappa shape index (κ1) is 13.1. The third kappa shape index (κ3) is 3.80. The van der Waals surface area contributed by atoms with Crippen molar-refractivity contribution in [1.29, 1.82) is 0 Å². The van der Waals surface area contributed by atoms with Gasteiger partial charge in [-0.25, -0.2) is 0 Å². The average molecular weight is 259 g/mol. The largest absolute Gasteiger partial charge is 0.464 e. The summed E-state index contributed by atoms with van der Waals surface area (Å²) in [6, 6.07) is 10.4. The lowest BCUT2D eigenvalue weighted by Crippen LogP contribution is -2.09. The van der Waals surface area contributed by atoms with Crippen molar-refractivity contribution in [3.63, 3.8) is 0 Å². The molecule has 0 radical (unpaired) electrons. The van der Waals surface area contributed by atoms with E-state index in [9.17, 15) is 0 Å². The molecule has 0 fully saturated rings. The van der Waals surface area contributed by atoms with Crippen LogP contribution in [0.4, 0.5) is 11.9 Å². The molecule has 0 spiro atoms. The molecule has 0 atom stereocenters. The van der Waals surface area contributed by atoms with E-state index >= 15 is 0 Å². The van der Waals surface area contributed by atoms with Crippen molar-refractivity contribution in [2.75, 3.05) is 24.3 Å². The Morgan fingerprint density at radius 1 is 1.05 bits per heavy atom. The Balaban J connectivity index is 2.08. The maximum atomic E-state index is 5.30. The number of benzene rings is 1. The van der Waals surface area contributed by atoms with Crippen LogP contribution in [0, 0.1) is 0 Å². The number of hydrogen-bond donors (Lipinski definition) is 2. The highest BCUT2D eigenvalue weighted by Crippen LogP contribution is 2.11. The predicted octanol–water partition coefficient (Wildman–Crippen LogP) is 1.92. The van der Waals surface area contributed by atoms with Gasteiger partial charge in [-0.05, 0) is 12.5 Å². The molecule has 1 heterocycles. The van der Waals surface area contributed by atoms with Crippen molar-refractivity contribution in [1.82, 2.24) is 15.0 Å². The summed E-state index contributed by atoms with van der Waals surface area (Å²) >= 11 is 0. The highest BCUT2D eigenvalue weighted by molar-refractivity contribution is 5.36. The molecule has 6 heteroatoms. The first-order chi connectivity index (χ1) is 9.31. The van der Waals surface area contributed by atoms with E-state index < -0.39 is 0 Å². The van der Waals surface area contributed by atoms with Crippen LogP contribution >= 0.6 is 0 Å². The van der Waals surface area contributed by atoms with Crippen LogP contribution in [0.3, 0.4) is 0 Å². The lowest BCUT2D eigenvalue weighted by molar-refractivity contribution is 0.312. The number of hydrogen-bond acceptors (Lipinski definition) is 6. The van der Waals surface area contributed by atoms with E-state index in [4.69, 9.17) is 4.74 Å². The third-order valence-corrected chi connectivity index (χ3v) is 2.41. The Hall–Kier alpha value is -2.37. The fraction of sp³-hybridized carbons (Fsp3) is 0.308. The van der Waals surface area contributed by atoms with Crippen LogP contribution in [0.2, 0.25) is 0 Å². The molecule has 6 nitrogen and oxygen atoms in total. The minimum absolute atomic E-state index is 0.317. The van der Waals surface area contributed by atoms with Crippen molar-refractivity contribution < 1.29 is 4.74 Å². The Morgan fingerprint density at radius 3 is 2.47 bits per heavy atom. The maximum Gasteiger partial charge on any atom is 0.323 e. The van der Waals surface area contributed by atoms with Crippen LogP contribution in [0.5, 0.6) is 6.01 Å². The molecule has 0 aliphatic rings. The van der Waals surface area contributed by atoms with Crippen molar-refractivity contribution in [2.24, 2.45) is 0 Å². The smallest absolute Gasteiger partial charge is 0.323 e.